The van der Waals surface area contributed by atoms with Gasteiger partial charge >= 0.3 is 5.97 Å². The van der Waals surface area contributed by atoms with Gasteiger partial charge in [0, 0.05) is 13.1 Å². The number of likely N-dealkylation sites (N-methyl/N-ethyl adjacent to an activating group) is 1. The van der Waals surface area contributed by atoms with E-state index in [1.54, 1.807) is 0 Å². The second-order valence-corrected chi connectivity index (χ2v) is 7.20. The van der Waals surface area contributed by atoms with E-state index in [-0.39, 0.29) is 5.97 Å². The van der Waals surface area contributed by atoms with Gasteiger partial charge in [0.15, 0.2) is 0 Å². The van der Waals surface area contributed by atoms with E-state index in [1.807, 2.05) is 20.9 Å². The Hall–Kier alpha value is -0.610. The van der Waals surface area contributed by atoms with Crippen molar-refractivity contribution in [2.45, 2.75) is 53.0 Å². The molecular weight excluding hydrogens is 252 g/mol. The van der Waals surface area contributed by atoms with Crippen LogP contribution in [0.3, 0.4) is 0 Å². The summed E-state index contributed by atoms with van der Waals surface area (Å²) in [6.07, 6.45) is 2.05. The fraction of sp³-hybridized carbons (Fsp3) is 0.938. The van der Waals surface area contributed by atoms with Crippen LogP contribution >= 0.6 is 0 Å². The minimum absolute atomic E-state index is 0.144. The van der Waals surface area contributed by atoms with Crippen LogP contribution in [0.2, 0.25) is 0 Å². The Morgan fingerprint density at radius 3 is 2.45 bits per heavy atom. The van der Waals surface area contributed by atoms with Crippen molar-refractivity contribution >= 4 is 5.97 Å². The van der Waals surface area contributed by atoms with E-state index in [2.05, 4.69) is 31.0 Å². The Balaban J connectivity index is 2.48. The largest absolute Gasteiger partial charge is 0.465 e. The molecule has 4 heteroatoms. The van der Waals surface area contributed by atoms with Crippen LogP contribution in [0.4, 0.5) is 0 Å². The molecule has 0 spiro atoms. The maximum Gasteiger partial charge on any atom is 0.326 e. The molecular formula is C16H32N2O2. The predicted octanol–water partition coefficient (Wildman–Crippen LogP) is 2.29. The number of nitrogens with one attached hydrogen (secondary N) is 1. The molecule has 0 saturated carbocycles. The molecule has 1 heterocycles. The highest BCUT2D eigenvalue weighted by molar-refractivity contribution is 5.80. The summed E-state index contributed by atoms with van der Waals surface area (Å²) in [6, 6.07) is 0. The zero-order valence-electron chi connectivity index (χ0n) is 14.1. The molecule has 0 aromatic carbocycles. The summed E-state index contributed by atoms with van der Waals surface area (Å²) in [4.78, 5) is 14.5. The van der Waals surface area contributed by atoms with Gasteiger partial charge in [0.1, 0.15) is 5.54 Å². The van der Waals surface area contributed by atoms with Crippen molar-refractivity contribution in [2.75, 3.05) is 33.3 Å². The van der Waals surface area contributed by atoms with Crippen LogP contribution in [0.5, 0.6) is 0 Å². The predicted molar refractivity (Wildman–Crippen MR) is 82.7 cm³/mol. The Morgan fingerprint density at radius 1 is 1.35 bits per heavy atom. The quantitative estimate of drug-likeness (QED) is 0.760. The zero-order valence-corrected chi connectivity index (χ0v) is 14.1. The van der Waals surface area contributed by atoms with Gasteiger partial charge in [-0.1, -0.05) is 20.8 Å². The first-order valence-corrected chi connectivity index (χ1v) is 7.81. The minimum atomic E-state index is -0.574. The van der Waals surface area contributed by atoms with E-state index in [9.17, 15) is 4.79 Å². The first kappa shape index (κ1) is 17.4. The minimum Gasteiger partial charge on any atom is -0.465 e. The Morgan fingerprint density at radius 2 is 2.00 bits per heavy atom. The number of ether oxygens (including phenoxy) is 1. The highest BCUT2D eigenvalue weighted by Crippen LogP contribution is 2.33. The van der Waals surface area contributed by atoms with Crippen molar-refractivity contribution in [1.82, 2.24) is 10.2 Å². The number of esters is 1. The van der Waals surface area contributed by atoms with Gasteiger partial charge in [0.2, 0.25) is 0 Å². The summed E-state index contributed by atoms with van der Waals surface area (Å²) in [5.74, 6) is 0.611. The topological polar surface area (TPSA) is 41.6 Å². The first-order valence-electron chi connectivity index (χ1n) is 7.81. The van der Waals surface area contributed by atoms with Gasteiger partial charge in [-0.2, -0.15) is 0 Å². The van der Waals surface area contributed by atoms with Crippen molar-refractivity contribution in [3.63, 3.8) is 0 Å². The van der Waals surface area contributed by atoms with Crippen molar-refractivity contribution in [3.8, 4) is 0 Å². The zero-order chi connectivity index (χ0) is 15.4. The molecule has 0 aliphatic carbocycles. The number of likely N-dealkylation sites (tertiary alicyclic amines) is 1. The third-order valence-electron chi connectivity index (χ3n) is 4.70. The SMILES string of the molecule is CCOC(=O)C(C)(CCN1CCC(C(C)(C)C)C1)NC. The van der Waals surface area contributed by atoms with Gasteiger partial charge in [0.05, 0.1) is 6.61 Å². The van der Waals surface area contributed by atoms with E-state index < -0.39 is 5.54 Å². The number of carbonyl (C=O) groups excluding carboxylic acids is 1. The van der Waals surface area contributed by atoms with Crippen molar-refractivity contribution < 1.29 is 9.53 Å². The van der Waals surface area contributed by atoms with E-state index in [0.717, 1.165) is 32.0 Å². The third kappa shape index (κ3) is 4.45. The monoisotopic (exact) mass is 284 g/mol. The number of hydrogen-bond donors (Lipinski definition) is 1. The summed E-state index contributed by atoms with van der Waals surface area (Å²) in [6.45, 7) is 14.4. The molecule has 1 N–H and O–H groups in total. The lowest BCUT2D eigenvalue weighted by molar-refractivity contribution is -0.150. The standard InChI is InChI=1S/C16H32N2O2/c1-7-20-14(19)16(5,17-6)9-11-18-10-8-13(12-18)15(2,3)4/h13,17H,7-12H2,1-6H3. The fourth-order valence-electron chi connectivity index (χ4n) is 2.74. The van der Waals surface area contributed by atoms with Crippen LogP contribution in [-0.4, -0.2) is 49.7 Å². The van der Waals surface area contributed by atoms with E-state index in [0.29, 0.717) is 12.0 Å². The van der Waals surface area contributed by atoms with E-state index >= 15 is 0 Å². The second kappa shape index (κ2) is 6.90. The summed E-state index contributed by atoms with van der Waals surface area (Å²) in [5, 5.41) is 3.13. The lowest BCUT2D eigenvalue weighted by Gasteiger charge is -2.30. The smallest absolute Gasteiger partial charge is 0.326 e. The molecule has 0 radical (unpaired) electrons. The molecule has 0 bridgehead atoms. The number of rotatable bonds is 6. The van der Waals surface area contributed by atoms with Crippen LogP contribution in [0.1, 0.15) is 47.5 Å². The van der Waals surface area contributed by atoms with Gasteiger partial charge < -0.3 is 15.0 Å². The molecule has 0 aromatic heterocycles. The second-order valence-electron chi connectivity index (χ2n) is 7.20. The van der Waals surface area contributed by atoms with Crippen molar-refractivity contribution in [1.29, 1.82) is 0 Å². The van der Waals surface area contributed by atoms with Crippen LogP contribution in [0.25, 0.3) is 0 Å². The Kier molecular flexibility index (Phi) is 6.02. The van der Waals surface area contributed by atoms with Crippen LogP contribution in [0, 0.1) is 11.3 Å². The maximum atomic E-state index is 12.0. The van der Waals surface area contributed by atoms with Gasteiger partial charge in [-0.15, -0.1) is 0 Å². The third-order valence-corrected chi connectivity index (χ3v) is 4.70. The maximum absolute atomic E-state index is 12.0. The summed E-state index contributed by atoms with van der Waals surface area (Å²) in [7, 11) is 1.83. The molecule has 2 unspecified atom stereocenters. The molecule has 1 fully saturated rings. The lowest BCUT2D eigenvalue weighted by Crippen LogP contribution is -2.50. The molecule has 1 rings (SSSR count). The van der Waals surface area contributed by atoms with E-state index in [1.165, 1.54) is 6.42 Å². The number of nitrogens with zero attached hydrogens (tertiary/aromatic N) is 1. The molecule has 20 heavy (non-hydrogen) atoms. The Labute approximate surface area is 124 Å². The molecule has 4 nitrogen and oxygen atoms in total. The molecule has 1 aliphatic rings. The van der Waals surface area contributed by atoms with Crippen LogP contribution < -0.4 is 5.32 Å². The van der Waals surface area contributed by atoms with Crippen molar-refractivity contribution in [3.05, 3.63) is 0 Å². The van der Waals surface area contributed by atoms with Gasteiger partial charge in [-0.3, -0.25) is 4.79 Å². The molecule has 1 saturated heterocycles. The summed E-state index contributed by atoms with van der Waals surface area (Å²) in [5.41, 5.74) is -0.196. The molecule has 0 aromatic rings. The average molecular weight is 284 g/mol. The van der Waals surface area contributed by atoms with Crippen LogP contribution in [-0.2, 0) is 9.53 Å². The van der Waals surface area contributed by atoms with Crippen LogP contribution in [0.15, 0.2) is 0 Å². The van der Waals surface area contributed by atoms with Crippen molar-refractivity contribution in [2.24, 2.45) is 11.3 Å². The molecule has 2 atom stereocenters. The first-order chi connectivity index (χ1) is 9.23. The highest BCUT2D eigenvalue weighted by atomic mass is 16.5. The highest BCUT2D eigenvalue weighted by Gasteiger charge is 2.36. The van der Waals surface area contributed by atoms with Gasteiger partial charge in [-0.05, 0) is 51.6 Å². The Bertz CT molecular complexity index is 325. The molecule has 118 valence electrons. The normalized spacial score (nSPS) is 23.6. The number of carbonyl (C=O) groups is 1. The number of hydrogen-bond acceptors (Lipinski definition) is 4. The average Bonchev–Trinajstić information content (AvgIpc) is 2.85. The summed E-state index contributed by atoms with van der Waals surface area (Å²) < 4.78 is 5.17. The fourth-order valence-corrected chi connectivity index (χ4v) is 2.74. The van der Waals surface area contributed by atoms with Gasteiger partial charge in [0.25, 0.3) is 0 Å². The van der Waals surface area contributed by atoms with Gasteiger partial charge in [-0.25, -0.2) is 0 Å². The summed E-state index contributed by atoms with van der Waals surface area (Å²) >= 11 is 0. The lowest BCUT2D eigenvalue weighted by atomic mass is 9.80. The molecule has 1 aliphatic heterocycles. The molecule has 0 amide bonds. The van der Waals surface area contributed by atoms with E-state index in [4.69, 9.17) is 4.74 Å².